The second-order valence-electron chi connectivity index (χ2n) is 6.83. The van der Waals surface area contributed by atoms with Crippen molar-refractivity contribution in [3.63, 3.8) is 0 Å². The summed E-state index contributed by atoms with van der Waals surface area (Å²) >= 11 is 3.83. The second-order valence-corrected chi connectivity index (χ2v) is 7.62. The summed E-state index contributed by atoms with van der Waals surface area (Å²) in [6, 6.07) is 28.4. The molecular formula is C24H14BrN. The third-order valence-corrected chi connectivity index (χ3v) is 6.26. The van der Waals surface area contributed by atoms with Gasteiger partial charge in [0, 0.05) is 16.5 Å². The zero-order valence-electron chi connectivity index (χ0n) is 13.9. The highest BCUT2D eigenvalue weighted by Crippen LogP contribution is 2.42. The van der Waals surface area contributed by atoms with Crippen molar-refractivity contribution < 1.29 is 0 Å². The zero-order chi connectivity index (χ0) is 17.3. The highest BCUT2D eigenvalue weighted by Gasteiger charge is 2.16. The Hall–Kier alpha value is -2.84. The summed E-state index contributed by atoms with van der Waals surface area (Å²) in [5, 5.41) is 9.11. The van der Waals surface area contributed by atoms with Gasteiger partial charge in [0.1, 0.15) is 0 Å². The van der Waals surface area contributed by atoms with Crippen molar-refractivity contribution in [1.29, 1.82) is 0 Å². The van der Waals surface area contributed by atoms with Crippen LogP contribution in [-0.4, -0.2) is 4.98 Å². The molecular weight excluding hydrogens is 382 g/mol. The Balaban J connectivity index is 1.80. The number of para-hydroxylation sites is 1. The number of aromatic amines is 1. The molecule has 5 aromatic carbocycles. The minimum Gasteiger partial charge on any atom is -0.354 e. The third kappa shape index (κ3) is 1.80. The Morgan fingerprint density at radius 2 is 1.27 bits per heavy atom. The maximum absolute atomic E-state index is 3.83. The SMILES string of the molecule is Brc1c(-c2ccc3ccc4cccc5ccc2c3c45)[nH]c2ccccc12. The Kier molecular flexibility index (Phi) is 2.81. The van der Waals surface area contributed by atoms with Gasteiger partial charge in [-0.1, -0.05) is 72.8 Å². The Morgan fingerprint density at radius 1 is 0.577 bits per heavy atom. The number of hydrogen-bond acceptors (Lipinski definition) is 0. The van der Waals surface area contributed by atoms with E-state index in [4.69, 9.17) is 0 Å². The van der Waals surface area contributed by atoms with Gasteiger partial charge in [0.15, 0.2) is 0 Å². The lowest BCUT2D eigenvalue weighted by Gasteiger charge is -2.13. The monoisotopic (exact) mass is 395 g/mol. The molecule has 1 nitrogen and oxygen atoms in total. The molecule has 0 aliphatic carbocycles. The van der Waals surface area contributed by atoms with Gasteiger partial charge in [-0.3, -0.25) is 0 Å². The molecule has 6 aromatic rings. The highest BCUT2D eigenvalue weighted by atomic mass is 79.9. The van der Waals surface area contributed by atoms with Gasteiger partial charge in [0.05, 0.1) is 10.2 Å². The van der Waals surface area contributed by atoms with E-state index in [1.165, 1.54) is 43.3 Å². The number of rotatable bonds is 1. The molecule has 0 spiro atoms. The molecule has 1 aromatic heterocycles. The summed E-state index contributed by atoms with van der Waals surface area (Å²) in [5.41, 5.74) is 3.53. The van der Waals surface area contributed by atoms with Crippen LogP contribution in [0.5, 0.6) is 0 Å². The van der Waals surface area contributed by atoms with Gasteiger partial charge < -0.3 is 4.98 Å². The first-order valence-electron chi connectivity index (χ1n) is 8.74. The fraction of sp³-hybridized carbons (Fsp3) is 0. The molecule has 0 radical (unpaired) electrons. The average molecular weight is 396 g/mol. The van der Waals surface area contributed by atoms with E-state index in [1.54, 1.807) is 0 Å². The number of halogens is 1. The highest BCUT2D eigenvalue weighted by molar-refractivity contribution is 9.10. The van der Waals surface area contributed by atoms with Crippen molar-refractivity contribution in [3.05, 3.63) is 83.3 Å². The lowest BCUT2D eigenvalue weighted by atomic mass is 9.91. The zero-order valence-corrected chi connectivity index (χ0v) is 15.5. The van der Waals surface area contributed by atoms with Crippen LogP contribution in [0.3, 0.4) is 0 Å². The molecule has 122 valence electrons. The van der Waals surface area contributed by atoms with E-state index in [0.29, 0.717) is 0 Å². The quantitative estimate of drug-likeness (QED) is 0.277. The minimum absolute atomic E-state index is 1.13. The van der Waals surface area contributed by atoms with Crippen LogP contribution >= 0.6 is 15.9 Å². The summed E-state index contributed by atoms with van der Waals surface area (Å²) in [6.07, 6.45) is 0. The molecule has 0 fully saturated rings. The van der Waals surface area contributed by atoms with E-state index in [-0.39, 0.29) is 0 Å². The standard InChI is InChI=1S/C24H14BrN/c25-23-19-6-1-2-7-20(19)26-24(23)18-13-11-16-9-8-14-4-3-5-15-10-12-17(18)22(16)21(14)15/h1-13,26H. The summed E-state index contributed by atoms with van der Waals surface area (Å²) in [6.45, 7) is 0. The largest absolute Gasteiger partial charge is 0.354 e. The Labute approximate surface area is 158 Å². The number of benzene rings is 5. The predicted molar refractivity (Wildman–Crippen MR) is 115 cm³/mol. The molecule has 1 heterocycles. The molecule has 0 aliphatic rings. The topological polar surface area (TPSA) is 15.8 Å². The van der Waals surface area contributed by atoms with Crippen molar-refractivity contribution in [3.8, 4) is 11.3 Å². The molecule has 0 bridgehead atoms. The predicted octanol–water partition coefficient (Wildman–Crippen LogP) is 7.49. The number of aromatic nitrogens is 1. The smallest absolute Gasteiger partial charge is 0.0615 e. The van der Waals surface area contributed by atoms with Gasteiger partial charge in [-0.25, -0.2) is 0 Å². The molecule has 0 unspecified atom stereocenters. The van der Waals surface area contributed by atoms with Gasteiger partial charge in [0.2, 0.25) is 0 Å². The van der Waals surface area contributed by atoms with Crippen molar-refractivity contribution >= 4 is 59.2 Å². The van der Waals surface area contributed by atoms with Crippen LogP contribution in [0, 0.1) is 0 Å². The van der Waals surface area contributed by atoms with Crippen molar-refractivity contribution in [1.82, 2.24) is 4.98 Å². The molecule has 0 atom stereocenters. The van der Waals surface area contributed by atoms with E-state index in [0.717, 1.165) is 15.7 Å². The number of fused-ring (bicyclic) bond motifs is 1. The lowest BCUT2D eigenvalue weighted by molar-refractivity contribution is 1.46. The number of H-pyrrole nitrogens is 1. The molecule has 0 saturated heterocycles. The van der Waals surface area contributed by atoms with Crippen molar-refractivity contribution in [2.24, 2.45) is 0 Å². The second kappa shape index (κ2) is 5.09. The van der Waals surface area contributed by atoms with Gasteiger partial charge in [0.25, 0.3) is 0 Å². The summed E-state index contributed by atoms with van der Waals surface area (Å²) in [5.74, 6) is 0. The third-order valence-electron chi connectivity index (χ3n) is 5.44. The molecule has 26 heavy (non-hydrogen) atoms. The van der Waals surface area contributed by atoms with Crippen LogP contribution in [0.2, 0.25) is 0 Å². The Bertz CT molecular complexity index is 1430. The van der Waals surface area contributed by atoms with Gasteiger partial charge in [-0.05, 0) is 54.3 Å². The average Bonchev–Trinajstić information content (AvgIpc) is 3.03. The summed E-state index contributed by atoms with van der Waals surface area (Å²) in [4.78, 5) is 3.61. The molecule has 1 N–H and O–H groups in total. The molecule has 0 amide bonds. The van der Waals surface area contributed by atoms with Gasteiger partial charge in [-0.15, -0.1) is 0 Å². The first kappa shape index (κ1) is 14.3. The van der Waals surface area contributed by atoms with Crippen molar-refractivity contribution in [2.75, 3.05) is 0 Å². The fourth-order valence-corrected chi connectivity index (χ4v) is 4.91. The molecule has 0 aliphatic heterocycles. The first-order valence-corrected chi connectivity index (χ1v) is 9.54. The summed E-state index contributed by atoms with van der Waals surface area (Å²) < 4.78 is 1.13. The normalized spacial score (nSPS) is 12.0. The van der Waals surface area contributed by atoms with Crippen LogP contribution in [0.1, 0.15) is 0 Å². The molecule has 0 saturated carbocycles. The Morgan fingerprint density at radius 3 is 2.08 bits per heavy atom. The van der Waals surface area contributed by atoms with Crippen LogP contribution in [0.4, 0.5) is 0 Å². The van der Waals surface area contributed by atoms with E-state index in [2.05, 4.69) is 99.8 Å². The van der Waals surface area contributed by atoms with E-state index >= 15 is 0 Å². The molecule has 6 rings (SSSR count). The van der Waals surface area contributed by atoms with E-state index in [1.807, 2.05) is 0 Å². The number of hydrogen-bond donors (Lipinski definition) is 1. The van der Waals surface area contributed by atoms with E-state index in [9.17, 15) is 0 Å². The van der Waals surface area contributed by atoms with Crippen LogP contribution in [-0.2, 0) is 0 Å². The first-order chi connectivity index (χ1) is 12.8. The molecule has 2 heteroatoms. The van der Waals surface area contributed by atoms with Crippen LogP contribution < -0.4 is 0 Å². The van der Waals surface area contributed by atoms with Crippen molar-refractivity contribution in [2.45, 2.75) is 0 Å². The van der Waals surface area contributed by atoms with Crippen LogP contribution in [0.15, 0.2) is 83.3 Å². The summed E-state index contributed by atoms with van der Waals surface area (Å²) in [7, 11) is 0. The van der Waals surface area contributed by atoms with Crippen LogP contribution in [0.25, 0.3) is 54.5 Å². The number of nitrogens with one attached hydrogen (secondary N) is 1. The maximum Gasteiger partial charge on any atom is 0.0615 e. The van der Waals surface area contributed by atoms with Gasteiger partial charge >= 0.3 is 0 Å². The fourth-order valence-electron chi connectivity index (χ4n) is 4.25. The van der Waals surface area contributed by atoms with E-state index < -0.39 is 0 Å². The maximum atomic E-state index is 3.83. The van der Waals surface area contributed by atoms with Gasteiger partial charge in [-0.2, -0.15) is 0 Å². The minimum atomic E-state index is 1.13. The lowest BCUT2D eigenvalue weighted by Crippen LogP contribution is -1.87.